The van der Waals surface area contributed by atoms with Gasteiger partial charge in [-0.2, -0.15) is 4.98 Å². The number of hydrogen-bond acceptors (Lipinski definition) is 5. The molecule has 1 aliphatic rings. The lowest BCUT2D eigenvalue weighted by Gasteiger charge is -2.50. The normalized spacial score (nSPS) is 15.4. The molecule has 0 unspecified atom stereocenters. The minimum Gasteiger partial charge on any atom is -0.479 e. The highest BCUT2D eigenvalue weighted by Gasteiger charge is 2.51. The number of ether oxygens (including phenoxy) is 2. The zero-order valence-electron chi connectivity index (χ0n) is 16.4. The zero-order valence-corrected chi connectivity index (χ0v) is 16.4. The Morgan fingerprint density at radius 3 is 2.56 bits per heavy atom. The van der Waals surface area contributed by atoms with Gasteiger partial charge in [-0.25, -0.2) is 0 Å². The number of anilines is 1. The van der Waals surface area contributed by atoms with Crippen molar-refractivity contribution in [3.8, 4) is 11.8 Å². The zero-order chi connectivity index (χ0) is 19.6. The van der Waals surface area contributed by atoms with Crippen LogP contribution in [0.5, 0.6) is 11.8 Å². The van der Waals surface area contributed by atoms with E-state index in [1.54, 1.807) is 7.11 Å². The van der Waals surface area contributed by atoms with Crippen LogP contribution in [0.2, 0.25) is 0 Å². The summed E-state index contributed by atoms with van der Waals surface area (Å²) in [5, 5.41) is 0. The van der Waals surface area contributed by atoms with Crippen molar-refractivity contribution < 1.29 is 14.3 Å². The topological polar surface area (TPSA) is 77.7 Å². The summed E-state index contributed by atoms with van der Waals surface area (Å²) < 4.78 is 10.9. The Morgan fingerprint density at radius 2 is 1.96 bits per heavy atom. The molecule has 6 heteroatoms. The predicted octanol–water partition coefficient (Wildman–Crippen LogP) is 2.86. The summed E-state index contributed by atoms with van der Waals surface area (Å²) in [4.78, 5) is 18.9. The molecular weight excluding hydrogens is 342 g/mol. The van der Waals surface area contributed by atoms with E-state index in [9.17, 15) is 4.79 Å². The van der Waals surface area contributed by atoms with Crippen molar-refractivity contribution in [1.82, 2.24) is 4.98 Å². The summed E-state index contributed by atoms with van der Waals surface area (Å²) in [5.41, 5.74) is 8.18. The molecule has 0 atom stereocenters. The maximum Gasteiger partial charge on any atom is 0.240 e. The molecular formula is C21H27N3O3. The fraction of sp³-hybridized carbons (Fsp3) is 0.429. The van der Waals surface area contributed by atoms with E-state index in [4.69, 9.17) is 15.2 Å². The molecule has 0 radical (unpaired) electrons. The summed E-state index contributed by atoms with van der Waals surface area (Å²) in [7, 11) is 1.58. The van der Waals surface area contributed by atoms with E-state index >= 15 is 0 Å². The van der Waals surface area contributed by atoms with Crippen LogP contribution in [0.4, 0.5) is 5.69 Å². The van der Waals surface area contributed by atoms with Gasteiger partial charge in [-0.05, 0) is 30.0 Å². The number of aromatic nitrogens is 1. The van der Waals surface area contributed by atoms with E-state index in [1.807, 2.05) is 37.3 Å². The van der Waals surface area contributed by atoms with Crippen LogP contribution in [0, 0.1) is 0 Å². The second-order valence-corrected chi connectivity index (χ2v) is 7.16. The fourth-order valence-electron chi connectivity index (χ4n) is 3.71. The summed E-state index contributed by atoms with van der Waals surface area (Å²) >= 11 is 0. The first-order valence-electron chi connectivity index (χ1n) is 9.25. The molecule has 0 aliphatic carbocycles. The number of nitrogens with two attached hydrogens (primary N) is 1. The van der Waals surface area contributed by atoms with Crippen molar-refractivity contribution >= 4 is 11.6 Å². The quantitative estimate of drug-likeness (QED) is 0.812. The predicted molar refractivity (Wildman–Crippen MR) is 106 cm³/mol. The molecule has 0 bridgehead atoms. The summed E-state index contributed by atoms with van der Waals surface area (Å²) in [5.74, 6) is 1.01. The Hall–Kier alpha value is -2.76. The Balaban J connectivity index is 1.92. The number of rotatable bonds is 7. The van der Waals surface area contributed by atoms with Crippen molar-refractivity contribution in [3.63, 3.8) is 0 Å². The molecule has 0 saturated carbocycles. The van der Waals surface area contributed by atoms with Gasteiger partial charge >= 0.3 is 0 Å². The third kappa shape index (κ3) is 3.31. The van der Waals surface area contributed by atoms with E-state index in [1.165, 1.54) is 0 Å². The van der Waals surface area contributed by atoms with Crippen LogP contribution in [-0.4, -0.2) is 37.7 Å². The van der Waals surface area contributed by atoms with Gasteiger partial charge in [0, 0.05) is 19.2 Å². The second-order valence-electron chi connectivity index (χ2n) is 7.16. The highest BCUT2D eigenvalue weighted by atomic mass is 16.5. The van der Waals surface area contributed by atoms with Gasteiger partial charge in [0.1, 0.15) is 11.1 Å². The first-order valence-corrected chi connectivity index (χ1v) is 9.25. The summed E-state index contributed by atoms with van der Waals surface area (Å²) in [6.45, 7) is 7.70. The van der Waals surface area contributed by atoms with Gasteiger partial charge in [-0.1, -0.05) is 38.1 Å². The van der Waals surface area contributed by atoms with E-state index < -0.39 is 5.41 Å². The van der Waals surface area contributed by atoms with Crippen molar-refractivity contribution in [2.45, 2.75) is 32.1 Å². The first kappa shape index (κ1) is 19.0. The molecule has 0 spiro atoms. The van der Waals surface area contributed by atoms with Crippen molar-refractivity contribution in [2.24, 2.45) is 5.73 Å². The van der Waals surface area contributed by atoms with Crippen LogP contribution in [0.15, 0.2) is 36.4 Å². The van der Waals surface area contributed by atoms with Crippen LogP contribution in [0.3, 0.4) is 0 Å². The molecule has 1 saturated heterocycles. The smallest absolute Gasteiger partial charge is 0.240 e. The van der Waals surface area contributed by atoms with E-state index in [0.29, 0.717) is 37.4 Å². The molecule has 2 heterocycles. The van der Waals surface area contributed by atoms with Gasteiger partial charge in [0.2, 0.25) is 17.7 Å². The van der Waals surface area contributed by atoms with E-state index in [-0.39, 0.29) is 5.91 Å². The lowest BCUT2D eigenvalue weighted by molar-refractivity contribution is -0.124. The highest BCUT2D eigenvalue weighted by Crippen LogP contribution is 2.43. The molecule has 6 nitrogen and oxygen atoms in total. The minimum absolute atomic E-state index is 0.301. The molecule has 1 fully saturated rings. The number of carbonyl (C=O) groups is 1. The van der Waals surface area contributed by atoms with Gasteiger partial charge in [0.15, 0.2) is 0 Å². The standard InChI is InChI=1S/C21H27N3O3/c1-5-27-18-11-10-17(19(23-18)26-4)24-12-21(13-24,20(22)25)16-9-7-6-8-15(16)14(2)3/h6-11,14H,5,12-13H2,1-4H3,(H2,22,25). The fourth-order valence-corrected chi connectivity index (χ4v) is 3.71. The van der Waals surface area contributed by atoms with Gasteiger partial charge in [-0.3, -0.25) is 4.79 Å². The maximum absolute atomic E-state index is 12.5. The highest BCUT2D eigenvalue weighted by molar-refractivity contribution is 5.91. The first-order chi connectivity index (χ1) is 12.9. The number of primary amides is 1. The van der Waals surface area contributed by atoms with Crippen molar-refractivity contribution in [1.29, 1.82) is 0 Å². The minimum atomic E-state index is -0.704. The average molecular weight is 369 g/mol. The van der Waals surface area contributed by atoms with Crippen molar-refractivity contribution in [2.75, 3.05) is 31.7 Å². The number of pyridine rings is 1. The van der Waals surface area contributed by atoms with Crippen molar-refractivity contribution in [3.05, 3.63) is 47.5 Å². The number of hydrogen-bond donors (Lipinski definition) is 1. The molecule has 1 aliphatic heterocycles. The number of nitrogens with zero attached hydrogens (tertiary/aromatic N) is 2. The molecule has 1 amide bonds. The number of benzene rings is 1. The molecule has 1 aromatic heterocycles. The van der Waals surface area contributed by atoms with Gasteiger partial charge in [-0.15, -0.1) is 0 Å². The van der Waals surface area contributed by atoms with Crippen LogP contribution < -0.4 is 20.1 Å². The van der Waals surface area contributed by atoms with Gasteiger partial charge in [0.05, 0.1) is 13.7 Å². The summed E-state index contributed by atoms with van der Waals surface area (Å²) in [6.07, 6.45) is 0. The monoisotopic (exact) mass is 369 g/mol. The van der Waals surface area contributed by atoms with Crippen LogP contribution in [-0.2, 0) is 10.2 Å². The number of amides is 1. The number of carbonyl (C=O) groups excluding carboxylic acids is 1. The molecule has 2 aromatic rings. The third-order valence-corrected chi connectivity index (χ3v) is 5.13. The average Bonchev–Trinajstić information content (AvgIpc) is 2.62. The Labute approximate surface area is 160 Å². The molecule has 3 rings (SSSR count). The molecule has 1 aromatic carbocycles. The lowest BCUT2D eigenvalue weighted by atomic mass is 9.69. The Bertz CT molecular complexity index is 829. The Kier molecular flexibility index (Phi) is 5.26. The SMILES string of the molecule is CCOc1ccc(N2CC(C(N)=O)(c3ccccc3C(C)C)C2)c(OC)n1. The van der Waals surface area contributed by atoms with Gasteiger partial charge < -0.3 is 20.1 Å². The lowest BCUT2D eigenvalue weighted by Crippen LogP contribution is -2.66. The third-order valence-electron chi connectivity index (χ3n) is 5.13. The van der Waals surface area contributed by atoms with Gasteiger partial charge in [0.25, 0.3) is 0 Å². The number of methoxy groups -OCH3 is 1. The van der Waals surface area contributed by atoms with E-state index in [2.05, 4.69) is 29.8 Å². The second kappa shape index (κ2) is 7.47. The van der Waals surface area contributed by atoms with Crippen LogP contribution in [0.1, 0.15) is 37.8 Å². The summed E-state index contributed by atoms with van der Waals surface area (Å²) in [6, 6.07) is 11.8. The Morgan fingerprint density at radius 1 is 1.26 bits per heavy atom. The van der Waals surface area contributed by atoms with Crippen LogP contribution in [0.25, 0.3) is 0 Å². The van der Waals surface area contributed by atoms with E-state index in [0.717, 1.165) is 16.8 Å². The molecule has 27 heavy (non-hydrogen) atoms. The molecule has 2 N–H and O–H groups in total. The largest absolute Gasteiger partial charge is 0.479 e. The molecule has 144 valence electrons. The maximum atomic E-state index is 12.5. The van der Waals surface area contributed by atoms with Crippen LogP contribution >= 0.6 is 0 Å².